The first-order valence-electron chi connectivity index (χ1n) is 7.56. The molecular formula is C14H30N2O5Si. The minimum absolute atomic E-state index is 0.0246. The van der Waals surface area contributed by atoms with Crippen molar-refractivity contribution in [2.24, 2.45) is 0 Å². The molecular weight excluding hydrogens is 304 g/mol. The molecule has 0 saturated heterocycles. The van der Waals surface area contributed by atoms with Crippen LogP contribution in [0.15, 0.2) is 0 Å². The van der Waals surface area contributed by atoms with Crippen LogP contribution in [0.3, 0.4) is 0 Å². The van der Waals surface area contributed by atoms with Gasteiger partial charge in [0.25, 0.3) is 0 Å². The van der Waals surface area contributed by atoms with Gasteiger partial charge in [0.05, 0.1) is 0 Å². The Labute approximate surface area is 134 Å². The maximum Gasteiger partial charge on any atom is 0.500 e. The third-order valence-electron chi connectivity index (χ3n) is 3.52. The van der Waals surface area contributed by atoms with Crippen LogP contribution in [0.4, 0.5) is 0 Å². The average molecular weight is 334 g/mol. The molecule has 22 heavy (non-hydrogen) atoms. The predicted molar refractivity (Wildman–Crippen MR) is 86.4 cm³/mol. The van der Waals surface area contributed by atoms with E-state index in [4.69, 9.17) is 13.3 Å². The van der Waals surface area contributed by atoms with Gasteiger partial charge in [-0.2, -0.15) is 0 Å². The Morgan fingerprint density at radius 2 is 1.50 bits per heavy atom. The van der Waals surface area contributed by atoms with Crippen LogP contribution >= 0.6 is 0 Å². The van der Waals surface area contributed by atoms with Crippen molar-refractivity contribution in [2.45, 2.75) is 39.2 Å². The Bertz CT molecular complexity index is 329. The second-order valence-corrected chi connectivity index (χ2v) is 8.19. The van der Waals surface area contributed by atoms with Crippen molar-refractivity contribution < 1.29 is 22.9 Å². The van der Waals surface area contributed by atoms with Crippen LogP contribution in [-0.4, -0.2) is 66.5 Å². The molecule has 130 valence electrons. The molecule has 0 aliphatic carbocycles. The van der Waals surface area contributed by atoms with Gasteiger partial charge >= 0.3 is 8.80 Å². The largest absolute Gasteiger partial charge is 0.500 e. The molecule has 7 nitrogen and oxygen atoms in total. The number of carbonyl (C=O) groups is 2. The van der Waals surface area contributed by atoms with Crippen LogP contribution in [0.1, 0.15) is 33.1 Å². The number of carbonyl (C=O) groups excluding carboxylic acids is 2. The molecule has 0 fully saturated rings. The average Bonchev–Trinajstić information content (AvgIpc) is 2.49. The van der Waals surface area contributed by atoms with E-state index in [-0.39, 0.29) is 11.8 Å². The highest BCUT2D eigenvalue weighted by molar-refractivity contribution is 6.60. The fourth-order valence-corrected chi connectivity index (χ4v) is 3.86. The zero-order valence-corrected chi connectivity index (χ0v) is 15.4. The second-order valence-electron chi connectivity index (χ2n) is 5.10. The van der Waals surface area contributed by atoms with Gasteiger partial charge in [0.2, 0.25) is 11.8 Å². The molecule has 8 heteroatoms. The monoisotopic (exact) mass is 334 g/mol. The topological polar surface area (TPSA) is 77.1 Å². The molecule has 0 rings (SSSR count). The summed E-state index contributed by atoms with van der Waals surface area (Å²) in [5, 5.41) is 2.75. The summed E-state index contributed by atoms with van der Waals surface area (Å²) in [7, 11) is 2.20. The summed E-state index contributed by atoms with van der Waals surface area (Å²) < 4.78 is 16.1. The first-order chi connectivity index (χ1) is 10.4. The molecule has 0 aromatic heterocycles. The van der Waals surface area contributed by atoms with E-state index in [0.717, 1.165) is 19.3 Å². The zero-order chi connectivity index (χ0) is 17.0. The highest BCUT2D eigenvalue weighted by atomic mass is 28.4. The molecule has 0 spiro atoms. The van der Waals surface area contributed by atoms with Crippen LogP contribution in [0.2, 0.25) is 6.04 Å². The molecule has 2 amide bonds. The number of nitrogens with zero attached hydrogens (tertiary/aromatic N) is 1. The molecule has 0 saturated carbocycles. The molecule has 1 N–H and O–H groups in total. The molecule has 0 aliphatic rings. The van der Waals surface area contributed by atoms with Gasteiger partial charge < -0.3 is 23.5 Å². The van der Waals surface area contributed by atoms with E-state index in [9.17, 15) is 9.59 Å². The van der Waals surface area contributed by atoms with Gasteiger partial charge in [-0.05, 0) is 19.3 Å². The molecule has 0 aromatic rings. The number of amides is 2. The van der Waals surface area contributed by atoms with Crippen LogP contribution in [-0.2, 0) is 22.9 Å². The smallest absolute Gasteiger partial charge is 0.377 e. The Morgan fingerprint density at radius 1 is 0.955 bits per heavy atom. The fraction of sp³-hybridized carbons (Fsp3) is 0.857. The normalized spacial score (nSPS) is 11.3. The summed E-state index contributed by atoms with van der Waals surface area (Å²) in [6.07, 6.45) is 2.49. The van der Waals surface area contributed by atoms with E-state index in [0.29, 0.717) is 25.7 Å². The van der Waals surface area contributed by atoms with Crippen molar-refractivity contribution in [3.8, 4) is 0 Å². The lowest BCUT2D eigenvalue weighted by Gasteiger charge is -2.26. The van der Waals surface area contributed by atoms with Crippen molar-refractivity contribution in [2.75, 3.05) is 41.0 Å². The summed E-state index contributed by atoms with van der Waals surface area (Å²) in [6, 6.07) is 0.673. The fourth-order valence-electron chi connectivity index (χ4n) is 2.16. The van der Waals surface area contributed by atoms with Crippen LogP contribution in [0.5, 0.6) is 0 Å². The van der Waals surface area contributed by atoms with Gasteiger partial charge in [-0.25, -0.2) is 0 Å². The van der Waals surface area contributed by atoms with Crippen molar-refractivity contribution in [3.63, 3.8) is 0 Å². The first kappa shape index (κ1) is 21.0. The van der Waals surface area contributed by atoms with Crippen molar-refractivity contribution in [1.29, 1.82) is 0 Å². The van der Waals surface area contributed by atoms with Crippen LogP contribution in [0.25, 0.3) is 0 Å². The first-order valence-corrected chi connectivity index (χ1v) is 9.49. The van der Waals surface area contributed by atoms with Crippen LogP contribution in [0, 0.1) is 0 Å². The molecule has 0 unspecified atom stereocenters. The van der Waals surface area contributed by atoms with Crippen molar-refractivity contribution >= 4 is 20.6 Å². The highest BCUT2D eigenvalue weighted by Crippen LogP contribution is 2.15. The van der Waals surface area contributed by atoms with E-state index < -0.39 is 8.80 Å². The van der Waals surface area contributed by atoms with E-state index in [2.05, 4.69) is 5.32 Å². The second kappa shape index (κ2) is 11.6. The van der Waals surface area contributed by atoms with E-state index >= 15 is 0 Å². The lowest BCUT2D eigenvalue weighted by Crippen LogP contribution is -2.43. The summed E-state index contributed by atoms with van der Waals surface area (Å²) in [6.45, 7) is 5.06. The van der Waals surface area contributed by atoms with Crippen LogP contribution < -0.4 is 5.32 Å². The van der Waals surface area contributed by atoms with E-state index in [1.54, 1.807) is 28.3 Å². The third-order valence-corrected chi connectivity index (χ3v) is 6.35. The van der Waals surface area contributed by atoms with Gasteiger partial charge in [0, 0.05) is 60.9 Å². The minimum Gasteiger partial charge on any atom is -0.377 e. The Hall–Kier alpha value is -0.963. The quantitative estimate of drug-likeness (QED) is 0.426. The van der Waals surface area contributed by atoms with Gasteiger partial charge in [-0.15, -0.1) is 0 Å². The standard InChI is InChI=1S/C14H30N2O5Si/c1-13(17)15-9-6-7-10-16(14(2)18)11-8-12-22(19-3,20-4)21-5/h6-12H2,1-5H3,(H,15,17). The summed E-state index contributed by atoms with van der Waals surface area (Å²) in [5.74, 6) is 0.0301. The molecule has 0 atom stereocenters. The van der Waals surface area contributed by atoms with E-state index in [1.807, 2.05) is 4.90 Å². The van der Waals surface area contributed by atoms with Crippen molar-refractivity contribution in [3.05, 3.63) is 0 Å². The molecule has 0 aliphatic heterocycles. The van der Waals surface area contributed by atoms with Crippen molar-refractivity contribution in [1.82, 2.24) is 10.2 Å². The van der Waals surface area contributed by atoms with Gasteiger partial charge in [0.1, 0.15) is 0 Å². The predicted octanol–water partition coefficient (Wildman–Crippen LogP) is 1.02. The lowest BCUT2D eigenvalue weighted by atomic mass is 10.2. The maximum atomic E-state index is 11.7. The number of hydrogen-bond acceptors (Lipinski definition) is 5. The highest BCUT2D eigenvalue weighted by Gasteiger charge is 2.37. The number of rotatable bonds is 12. The molecule has 0 radical (unpaired) electrons. The lowest BCUT2D eigenvalue weighted by molar-refractivity contribution is -0.129. The molecule has 0 aromatic carbocycles. The SMILES string of the molecule is CO[Si](CCCN(CCCCNC(C)=O)C(C)=O)(OC)OC. The number of unbranched alkanes of at least 4 members (excludes halogenated alkanes) is 1. The Balaban J connectivity index is 4.09. The summed E-state index contributed by atoms with van der Waals surface area (Å²) in [5.41, 5.74) is 0. The summed E-state index contributed by atoms with van der Waals surface area (Å²) >= 11 is 0. The number of nitrogens with one attached hydrogen (secondary N) is 1. The molecule has 0 bridgehead atoms. The Kier molecular flexibility index (Phi) is 11.1. The van der Waals surface area contributed by atoms with E-state index in [1.165, 1.54) is 6.92 Å². The zero-order valence-electron chi connectivity index (χ0n) is 14.4. The maximum absolute atomic E-state index is 11.7. The minimum atomic E-state index is -2.56. The molecule has 0 heterocycles. The van der Waals surface area contributed by atoms with Gasteiger partial charge in [0.15, 0.2) is 0 Å². The van der Waals surface area contributed by atoms with Gasteiger partial charge in [-0.3, -0.25) is 9.59 Å². The van der Waals surface area contributed by atoms with Gasteiger partial charge in [-0.1, -0.05) is 0 Å². The summed E-state index contributed by atoms with van der Waals surface area (Å²) in [4.78, 5) is 24.2. The third kappa shape index (κ3) is 8.47. The Morgan fingerprint density at radius 3 is 1.95 bits per heavy atom. The number of hydrogen-bond donors (Lipinski definition) is 1.